The maximum absolute atomic E-state index is 12.1. The van der Waals surface area contributed by atoms with Gasteiger partial charge in [0.1, 0.15) is 17.3 Å². The molecule has 2 amide bonds. The average molecular weight is 289 g/mol. The molecule has 0 bridgehead atoms. The Kier molecular flexibility index (Phi) is 3.72. The van der Waals surface area contributed by atoms with Crippen molar-refractivity contribution in [3.63, 3.8) is 0 Å². The van der Waals surface area contributed by atoms with Gasteiger partial charge in [-0.3, -0.25) is 9.59 Å². The van der Waals surface area contributed by atoms with Crippen LogP contribution in [0.15, 0.2) is 6.07 Å². The van der Waals surface area contributed by atoms with Crippen LogP contribution in [0.4, 0.5) is 5.82 Å². The summed E-state index contributed by atoms with van der Waals surface area (Å²) in [4.78, 5) is 35.3. The Balaban J connectivity index is 1.74. The molecule has 21 heavy (non-hydrogen) atoms. The normalized spacial score (nSPS) is 18.5. The van der Waals surface area contributed by atoms with Crippen molar-refractivity contribution in [1.29, 1.82) is 0 Å². The van der Waals surface area contributed by atoms with Crippen LogP contribution in [0, 0.1) is 6.92 Å². The summed E-state index contributed by atoms with van der Waals surface area (Å²) in [5.74, 6) is 1.22. The fraction of sp³-hybridized carbons (Fsp3) is 0.571. The maximum Gasteiger partial charge on any atom is 0.270 e. The summed E-state index contributed by atoms with van der Waals surface area (Å²) in [5.41, 5.74) is 0.419. The molecule has 1 saturated heterocycles. The lowest BCUT2D eigenvalue weighted by atomic mass is 10.3. The van der Waals surface area contributed by atoms with Gasteiger partial charge in [0.15, 0.2) is 0 Å². The first kappa shape index (κ1) is 13.8. The predicted molar refractivity (Wildman–Crippen MR) is 77.1 cm³/mol. The highest BCUT2D eigenvalue weighted by molar-refractivity contribution is 5.93. The minimum atomic E-state index is -0.129. The molecule has 1 aromatic heterocycles. The summed E-state index contributed by atoms with van der Waals surface area (Å²) < 4.78 is 0. The number of carbonyl (C=O) groups excluding carboxylic acids is 2. The van der Waals surface area contributed by atoms with E-state index in [9.17, 15) is 9.59 Å². The number of aromatic nitrogens is 2. The first-order valence-electron chi connectivity index (χ1n) is 7.26. The van der Waals surface area contributed by atoms with E-state index >= 15 is 0 Å². The Bertz CT molecular complexity index is 550. The van der Waals surface area contributed by atoms with Crippen LogP contribution in [0.25, 0.3) is 0 Å². The second-order valence-corrected chi connectivity index (χ2v) is 5.53. The van der Waals surface area contributed by atoms with Crippen LogP contribution in [0.3, 0.4) is 0 Å². The van der Waals surface area contributed by atoms with Crippen LogP contribution in [0.2, 0.25) is 0 Å². The van der Waals surface area contributed by atoms with Gasteiger partial charge in [-0.15, -0.1) is 0 Å². The highest BCUT2D eigenvalue weighted by Crippen LogP contribution is 2.20. The Hall–Kier alpha value is -2.18. The summed E-state index contributed by atoms with van der Waals surface area (Å²) in [6, 6.07) is 2.05. The minimum absolute atomic E-state index is 0.129. The van der Waals surface area contributed by atoms with E-state index in [0.717, 1.165) is 38.2 Å². The van der Waals surface area contributed by atoms with Gasteiger partial charge in [-0.05, 0) is 19.8 Å². The topological polar surface area (TPSA) is 78.4 Å². The third-order valence-corrected chi connectivity index (χ3v) is 3.76. The van der Waals surface area contributed by atoms with E-state index in [0.29, 0.717) is 30.6 Å². The summed E-state index contributed by atoms with van der Waals surface area (Å²) in [6.45, 7) is 4.59. The van der Waals surface area contributed by atoms with Crippen molar-refractivity contribution in [2.75, 3.05) is 31.1 Å². The number of nitrogens with one attached hydrogen (secondary N) is 1. The fourth-order valence-corrected chi connectivity index (χ4v) is 2.37. The first-order valence-corrected chi connectivity index (χ1v) is 7.26. The number of piperazine rings is 1. The molecular formula is C14H19N5O2. The van der Waals surface area contributed by atoms with Gasteiger partial charge in [-0.2, -0.15) is 0 Å². The molecule has 1 aliphatic heterocycles. The average Bonchev–Trinajstić information content (AvgIpc) is 3.30. The largest absolute Gasteiger partial charge is 0.353 e. The van der Waals surface area contributed by atoms with Gasteiger partial charge < -0.3 is 15.1 Å². The van der Waals surface area contributed by atoms with Crippen LogP contribution < -0.4 is 10.2 Å². The first-order chi connectivity index (χ1) is 10.2. The number of carbonyl (C=O) groups is 2. The number of rotatable bonds is 4. The van der Waals surface area contributed by atoms with Gasteiger partial charge >= 0.3 is 0 Å². The van der Waals surface area contributed by atoms with Gasteiger partial charge in [0, 0.05) is 38.3 Å². The van der Waals surface area contributed by atoms with Gasteiger partial charge in [-0.25, -0.2) is 9.97 Å². The number of hydrogen-bond donors (Lipinski definition) is 1. The highest BCUT2D eigenvalue weighted by atomic mass is 16.2. The van der Waals surface area contributed by atoms with E-state index in [1.165, 1.54) is 0 Å². The Morgan fingerprint density at radius 2 is 2.00 bits per heavy atom. The van der Waals surface area contributed by atoms with E-state index in [2.05, 4.69) is 20.2 Å². The van der Waals surface area contributed by atoms with Crippen LogP contribution in [-0.2, 0) is 4.79 Å². The summed E-state index contributed by atoms with van der Waals surface area (Å²) in [7, 11) is 0. The number of anilines is 1. The second-order valence-electron chi connectivity index (χ2n) is 5.53. The Labute approximate surface area is 123 Å². The molecule has 0 atom stereocenters. The maximum atomic E-state index is 12.1. The van der Waals surface area contributed by atoms with Crippen molar-refractivity contribution in [3.05, 3.63) is 17.6 Å². The quantitative estimate of drug-likeness (QED) is 0.787. The molecule has 3 rings (SSSR count). The van der Waals surface area contributed by atoms with E-state index in [1.807, 2.05) is 0 Å². The van der Waals surface area contributed by atoms with Crippen molar-refractivity contribution >= 4 is 18.1 Å². The molecule has 1 aliphatic carbocycles. The van der Waals surface area contributed by atoms with E-state index in [4.69, 9.17) is 0 Å². The second kappa shape index (κ2) is 5.67. The molecule has 0 aromatic carbocycles. The van der Waals surface area contributed by atoms with Crippen molar-refractivity contribution in [1.82, 2.24) is 20.2 Å². The molecule has 2 fully saturated rings. The minimum Gasteiger partial charge on any atom is -0.353 e. The van der Waals surface area contributed by atoms with Crippen molar-refractivity contribution < 1.29 is 9.59 Å². The van der Waals surface area contributed by atoms with Crippen molar-refractivity contribution in [2.45, 2.75) is 25.8 Å². The molecule has 112 valence electrons. The molecular weight excluding hydrogens is 270 g/mol. The van der Waals surface area contributed by atoms with Crippen LogP contribution in [0.5, 0.6) is 0 Å². The standard InChI is InChI=1S/C14H19N5O2/c1-10-15-12(14(21)17-11-2-3-11)8-13(16-10)19-6-4-18(9-20)5-7-19/h8-9,11H,2-7H2,1H3,(H,17,21). The zero-order valence-electron chi connectivity index (χ0n) is 12.1. The molecule has 2 heterocycles. The number of nitrogens with zero attached hydrogens (tertiary/aromatic N) is 4. The number of amides is 2. The summed E-state index contributed by atoms with van der Waals surface area (Å²) in [6.07, 6.45) is 2.98. The zero-order valence-corrected chi connectivity index (χ0v) is 12.1. The Morgan fingerprint density at radius 3 is 2.62 bits per heavy atom. The molecule has 2 aliphatic rings. The van der Waals surface area contributed by atoms with E-state index in [-0.39, 0.29) is 5.91 Å². The predicted octanol–water partition coefficient (Wildman–Crippen LogP) is -0.0444. The monoisotopic (exact) mass is 289 g/mol. The Morgan fingerprint density at radius 1 is 1.29 bits per heavy atom. The van der Waals surface area contributed by atoms with Gasteiger partial charge in [-0.1, -0.05) is 0 Å². The lowest BCUT2D eigenvalue weighted by Crippen LogP contribution is -2.46. The van der Waals surface area contributed by atoms with E-state index in [1.54, 1.807) is 17.9 Å². The van der Waals surface area contributed by atoms with Crippen LogP contribution in [-0.4, -0.2) is 59.4 Å². The molecule has 1 aromatic rings. The zero-order chi connectivity index (χ0) is 14.8. The molecule has 1 saturated carbocycles. The molecule has 7 nitrogen and oxygen atoms in total. The summed E-state index contributed by atoms with van der Waals surface area (Å²) >= 11 is 0. The molecule has 0 radical (unpaired) electrons. The van der Waals surface area contributed by atoms with Gasteiger partial charge in [0.25, 0.3) is 5.91 Å². The van der Waals surface area contributed by atoms with Crippen molar-refractivity contribution in [3.8, 4) is 0 Å². The lowest BCUT2D eigenvalue weighted by molar-refractivity contribution is -0.118. The van der Waals surface area contributed by atoms with Gasteiger partial charge in [0.05, 0.1) is 0 Å². The molecule has 1 N–H and O–H groups in total. The lowest BCUT2D eigenvalue weighted by Gasteiger charge is -2.33. The SMILES string of the molecule is Cc1nc(C(=O)NC2CC2)cc(N2CCN(C=O)CC2)n1. The van der Waals surface area contributed by atoms with E-state index < -0.39 is 0 Å². The molecule has 0 spiro atoms. The van der Waals surface area contributed by atoms with Crippen LogP contribution in [0.1, 0.15) is 29.2 Å². The fourth-order valence-electron chi connectivity index (χ4n) is 2.37. The van der Waals surface area contributed by atoms with Crippen LogP contribution >= 0.6 is 0 Å². The third-order valence-electron chi connectivity index (χ3n) is 3.76. The third kappa shape index (κ3) is 3.29. The summed E-state index contributed by atoms with van der Waals surface area (Å²) in [5, 5.41) is 2.94. The van der Waals surface area contributed by atoms with Gasteiger partial charge in [0.2, 0.25) is 6.41 Å². The number of aryl methyl sites for hydroxylation is 1. The molecule has 7 heteroatoms. The molecule has 0 unspecified atom stereocenters. The van der Waals surface area contributed by atoms with Crippen molar-refractivity contribution in [2.24, 2.45) is 0 Å². The smallest absolute Gasteiger partial charge is 0.270 e. The number of hydrogen-bond acceptors (Lipinski definition) is 5. The highest BCUT2D eigenvalue weighted by Gasteiger charge is 2.25.